The Balaban J connectivity index is 2.58. The number of pyridine rings is 1. The van der Waals surface area contributed by atoms with Crippen molar-refractivity contribution in [3.05, 3.63) is 35.2 Å². The van der Waals surface area contributed by atoms with E-state index in [0.29, 0.717) is 0 Å². The molecule has 2 rings (SSSR count). The first-order chi connectivity index (χ1) is 7.06. The normalized spacial score (nSPS) is 10.7. The van der Waals surface area contributed by atoms with Gasteiger partial charge in [-0.25, -0.2) is 9.67 Å². The van der Waals surface area contributed by atoms with Gasteiger partial charge in [0.15, 0.2) is 0 Å². The van der Waals surface area contributed by atoms with Crippen molar-refractivity contribution in [2.24, 2.45) is 0 Å². The van der Waals surface area contributed by atoms with Crippen LogP contribution in [0.1, 0.15) is 23.0 Å². The molecule has 0 amide bonds. The molecule has 0 spiro atoms. The van der Waals surface area contributed by atoms with Crippen molar-refractivity contribution in [3.8, 4) is 5.69 Å². The minimum Gasteiger partial charge on any atom is -0.258 e. The summed E-state index contributed by atoms with van der Waals surface area (Å²) in [6, 6.07) is 4.02. The summed E-state index contributed by atoms with van der Waals surface area (Å²) in [5.41, 5.74) is 3.02. The minimum absolute atomic E-state index is 0.791. The Morgan fingerprint density at radius 1 is 0.933 bits per heavy atom. The van der Waals surface area contributed by atoms with Crippen LogP contribution in [0.15, 0.2) is 12.1 Å². The Morgan fingerprint density at radius 3 is 2.00 bits per heavy atom. The molecule has 0 saturated carbocycles. The van der Waals surface area contributed by atoms with Crippen LogP contribution in [0.25, 0.3) is 5.69 Å². The average molecular weight is 202 g/mol. The first-order valence-corrected chi connectivity index (χ1v) is 4.92. The topological polar surface area (TPSA) is 43.6 Å². The second-order valence-corrected chi connectivity index (χ2v) is 3.73. The summed E-state index contributed by atoms with van der Waals surface area (Å²) in [4.78, 5) is 8.61. The molecule has 0 aliphatic rings. The monoisotopic (exact) mass is 202 g/mol. The highest BCUT2D eigenvalue weighted by molar-refractivity contribution is 5.34. The molecule has 0 fully saturated rings. The smallest absolute Gasteiger partial charge is 0.148 e. The first-order valence-electron chi connectivity index (χ1n) is 4.92. The highest BCUT2D eigenvalue weighted by Gasteiger charge is 2.06. The van der Waals surface area contributed by atoms with E-state index in [-0.39, 0.29) is 0 Å². The molecule has 0 aromatic carbocycles. The zero-order valence-electron chi connectivity index (χ0n) is 9.44. The van der Waals surface area contributed by atoms with E-state index in [1.54, 1.807) is 0 Å². The Kier molecular flexibility index (Phi) is 2.26. The second kappa shape index (κ2) is 3.46. The lowest BCUT2D eigenvalue weighted by atomic mass is 10.3. The van der Waals surface area contributed by atoms with Gasteiger partial charge in [-0.15, -0.1) is 0 Å². The van der Waals surface area contributed by atoms with E-state index in [1.165, 1.54) is 0 Å². The number of hydrogen-bond acceptors (Lipinski definition) is 3. The van der Waals surface area contributed by atoms with Crippen molar-refractivity contribution in [1.29, 1.82) is 0 Å². The third-order valence-electron chi connectivity index (χ3n) is 2.19. The Bertz CT molecular complexity index is 479. The fourth-order valence-electron chi connectivity index (χ4n) is 1.70. The number of hydrogen-bond donors (Lipinski definition) is 0. The van der Waals surface area contributed by atoms with Crippen LogP contribution in [-0.4, -0.2) is 19.7 Å². The van der Waals surface area contributed by atoms with E-state index in [0.717, 1.165) is 28.7 Å². The van der Waals surface area contributed by atoms with Crippen LogP contribution in [0.5, 0.6) is 0 Å². The van der Waals surface area contributed by atoms with Gasteiger partial charge in [-0.2, -0.15) is 5.10 Å². The summed E-state index contributed by atoms with van der Waals surface area (Å²) < 4.78 is 1.84. The number of rotatable bonds is 1. The molecule has 0 saturated heterocycles. The van der Waals surface area contributed by atoms with Gasteiger partial charge >= 0.3 is 0 Å². The van der Waals surface area contributed by atoms with Crippen molar-refractivity contribution in [3.63, 3.8) is 0 Å². The molecule has 2 heterocycles. The molecule has 15 heavy (non-hydrogen) atoms. The maximum Gasteiger partial charge on any atom is 0.148 e. The molecule has 0 atom stereocenters. The van der Waals surface area contributed by atoms with Crippen LogP contribution in [0, 0.1) is 27.7 Å². The van der Waals surface area contributed by atoms with Crippen LogP contribution in [-0.2, 0) is 0 Å². The van der Waals surface area contributed by atoms with Gasteiger partial charge in [0.25, 0.3) is 0 Å². The van der Waals surface area contributed by atoms with E-state index < -0.39 is 0 Å². The van der Waals surface area contributed by atoms with Gasteiger partial charge in [0.05, 0.1) is 5.69 Å². The maximum atomic E-state index is 4.34. The summed E-state index contributed by atoms with van der Waals surface area (Å²) in [7, 11) is 0. The third-order valence-corrected chi connectivity index (χ3v) is 2.19. The fraction of sp³-hybridized carbons (Fsp3) is 0.364. The molecule has 0 aliphatic carbocycles. The van der Waals surface area contributed by atoms with Crippen molar-refractivity contribution in [1.82, 2.24) is 19.7 Å². The average Bonchev–Trinajstić information content (AvgIpc) is 2.43. The van der Waals surface area contributed by atoms with Crippen molar-refractivity contribution in [2.75, 3.05) is 0 Å². The number of aryl methyl sites for hydroxylation is 4. The lowest BCUT2D eigenvalue weighted by molar-refractivity contribution is 0.824. The van der Waals surface area contributed by atoms with E-state index in [2.05, 4.69) is 15.1 Å². The van der Waals surface area contributed by atoms with E-state index in [1.807, 2.05) is 44.5 Å². The Hall–Kier alpha value is -1.71. The molecule has 4 heteroatoms. The molecule has 2 aromatic rings. The van der Waals surface area contributed by atoms with Crippen molar-refractivity contribution in [2.45, 2.75) is 27.7 Å². The van der Waals surface area contributed by atoms with Gasteiger partial charge in [0.1, 0.15) is 11.6 Å². The Morgan fingerprint density at radius 2 is 1.53 bits per heavy atom. The van der Waals surface area contributed by atoms with Gasteiger partial charge in [0.2, 0.25) is 0 Å². The molecule has 2 aromatic heterocycles. The largest absolute Gasteiger partial charge is 0.258 e. The van der Waals surface area contributed by atoms with Crippen LogP contribution < -0.4 is 0 Å². The minimum atomic E-state index is 0.791. The number of aromatic nitrogens is 4. The summed E-state index contributed by atoms with van der Waals surface area (Å²) in [5.74, 6) is 1.69. The van der Waals surface area contributed by atoms with Crippen molar-refractivity contribution >= 4 is 0 Å². The summed E-state index contributed by atoms with van der Waals surface area (Å²) in [6.07, 6.45) is 0. The van der Waals surface area contributed by atoms with Crippen LogP contribution in [0.4, 0.5) is 0 Å². The quantitative estimate of drug-likeness (QED) is 0.709. The number of nitrogens with zero attached hydrogens (tertiary/aromatic N) is 4. The predicted molar refractivity (Wildman–Crippen MR) is 58.1 cm³/mol. The second-order valence-electron chi connectivity index (χ2n) is 3.73. The summed E-state index contributed by atoms with van der Waals surface area (Å²) in [6.45, 7) is 7.81. The molecule has 0 radical (unpaired) electrons. The standard InChI is InChI=1S/C11H14N4/c1-7-5-11(6-8(2)12-7)15-10(4)13-9(3)14-15/h5-6H,1-4H3. The lowest BCUT2D eigenvalue weighted by Crippen LogP contribution is -2.01. The van der Waals surface area contributed by atoms with Crippen LogP contribution in [0.2, 0.25) is 0 Å². The molecule has 0 bridgehead atoms. The predicted octanol–water partition coefficient (Wildman–Crippen LogP) is 1.90. The SMILES string of the molecule is Cc1cc(-n2nc(C)nc2C)cc(C)n1. The van der Waals surface area contributed by atoms with Gasteiger partial charge < -0.3 is 0 Å². The molecular formula is C11H14N4. The highest BCUT2D eigenvalue weighted by atomic mass is 15.3. The Labute approximate surface area is 89.0 Å². The lowest BCUT2D eigenvalue weighted by Gasteiger charge is -2.05. The van der Waals surface area contributed by atoms with E-state index >= 15 is 0 Å². The fourth-order valence-corrected chi connectivity index (χ4v) is 1.70. The highest BCUT2D eigenvalue weighted by Crippen LogP contribution is 2.11. The zero-order chi connectivity index (χ0) is 11.0. The van der Waals surface area contributed by atoms with Gasteiger partial charge in [0, 0.05) is 11.4 Å². The maximum absolute atomic E-state index is 4.34. The third kappa shape index (κ3) is 1.88. The van der Waals surface area contributed by atoms with Crippen molar-refractivity contribution < 1.29 is 0 Å². The summed E-state index contributed by atoms with van der Waals surface area (Å²) >= 11 is 0. The van der Waals surface area contributed by atoms with Gasteiger partial charge in [-0.3, -0.25) is 4.98 Å². The molecular weight excluding hydrogens is 188 g/mol. The van der Waals surface area contributed by atoms with Crippen LogP contribution in [0.3, 0.4) is 0 Å². The van der Waals surface area contributed by atoms with E-state index in [4.69, 9.17) is 0 Å². The van der Waals surface area contributed by atoms with Gasteiger partial charge in [-0.1, -0.05) is 0 Å². The zero-order valence-corrected chi connectivity index (χ0v) is 9.44. The molecule has 4 nitrogen and oxygen atoms in total. The molecule has 0 unspecified atom stereocenters. The first kappa shape index (κ1) is 9.83. The van der Waals surface area contributed by atoms with Crippen LogP contribution >= 0.6 is 0 Å². The molecule has 0 aliphatic heterocycles. The molecule has 0 N–H and O–H groups in total. The summed E-state index contributed by atoms with van der Waals surface area (Å²) in [5, 5.41) is 4.34. The molecule has 78 valence electrons. The van der Waals surface area contributed by atoms with Gasteiger partial charge in [-0.05, 0) is 39.8 Å². The van der Waals surface area contributed by atoms with E-state index in [9.17, 15) is 0 Å².